The molecule has 13 rings (SSSR count). The lowest BCUT2D eigenvalue weighted by molar-refractivity contribution is 0.370. The van der Waals surface area contributed by atoms with Crippen LogP contribution < -0.4 is 4.74 Å². The number of nitrogens with zero attached hydrogens (tertiary/aromatic N) is 2. The number of phenolic OH excluding ortho intramolecular Hbond substituents is 3. The van der Waals surface area contributed by atoms with Crippen LogP contribution in [0.25, 0.3) is 133 Å². The van der Waals surface area contributed by atoms with E-state index < -0.39 is 0 Å². The lowest BCUT2D eigenvalue weighted by Crippen LogP contribution is -1.93. The van der Waals surface area contributed by atoms with Crippen molar-refractivity contribution in [3.8, 4) is 125 Å². The lowest BCUT2D eigenvalue weighted by atomic mass is 9.96. The topological polar surface area (TPSA) is 127 Å². The van der Waals surface area contributed by atoms with Crippen LogP contribution in [0.3, 0.4) is 0 Å². The second kappa shape index (κ2) is 21.3. The van der Waals surface area contributed by atoms with Crippen molar-refractivity contribution in [2.24, 2.45) is 0 Å². The van der Waals surface area contributed by atoms with Gasteiger partial charge in [0.1, 0.15) is 29.6 Å². The maximum Gasteiger partial charge on any atom is 0.148 e. The third kappa shape index (κ3) is 8.99. The number of ether oxygens (including phenoxy) is 1. The molecule has 8 bridgehead atoms. The van der Waals surface area contributed by atoms with Gasteiger partial charge < -0.3 is 30.0 Å². The molecule has 0 fully saturated rings. The molecule has 0 saturated heterocycles. The van der Waals surface area contributed by atoms with Crippen LogP contribution in [0.5, 0.6) is 23.0 Å². The SMILES string of the molecule is C#CCOc1ccc(-c2c(Cl)c(Cl)c3c4cc5nc(cc6[nH]c(cc7nc(cc([nH]4)c3c2Cl)-c2c(Cl)c(Cl)c(-c3ccc(O)cc3)c(Cl)c2-7)c2c(Cl)c(Cl)c(-c3ccc(O)cc3)c(Cl)c62)-c2c(Cl)c(Cl)c(-c3ccc(O)cc3)c(Cl)c2-5)cc1. The highest BCUT2D eigenvalue weighted by atomic mass is 35.5. The Labute approximate surface area is 531 Å². The van der Waals surface area contributed by atoms with Gasteiger partial charge in [-0.25, -0.2) is 9.97 Å². The maximum absolute atomic E-state index is 10.3. The van der Waals surface area contributed by atoms with Gasteiger partial charge in [-0.3, -0.25) is 0 Å². The summed E-state index contributed by atoms with van der Waals surface area (Å²) < 4.78 is 5.68. The third-order valence-electron chi connectivity index (χ3n) is 14.5. The van der Waals surface area contributed by atoms with E-state index in [0.717, 1.165) is 0 Å². The van der Waals surface area contributed by atoms with Crippen molar-refractivity contribution >= 4 is 183 Å². The molecule has 2 aliphatic rings. The number of fused-ring (bicyclic) bond motifs is 20. The van der Waals surface area contributed by atoms with E-state index in [4.69, 9.17) is 160 Å². The molecule has 0 atom stereocenters. The van der Waals surface area contributed by atoms with Crippen LogP contribution in [0.4, 0.5) is 0 Å². The number of benzene rings is 8. The van der Waals surface area contributed by atoms with Crippen molar-refractivity contribution in [3.63, 3.8) is 0 Å². The number of halogens is 12. The Hall–Kier alpha value is -6.36. The van der Waals surface area contributed by atoms with Crippen LogP contribution in [-0.4, -0.2) is 41.9 Å². The summed E-state index contributed by atoms with van der Waals surface area (Å²) in [5.74, 6) is 3.04. The third-order valence-corrected chi connectivity index (χ3v) is 19.4. The number of hydrogen-bond acceptors (Lipinski definition) is 6. The van der Waals surface area contributed by atoms with Crippen molar-refractivity contribution in [2.45, 2.75) is 0 Å². The molecule has 408 valence electrons. The van der Waals surface area contributed by atoms with Gasteiger partial charge in [-0.2, -0.15) is 0 Å². The van der Waals surface area contributed by atoms with Crippen LogP contribution in [0.1, 0.15) is 0 Å². The van der Waals surface area contributed by atoms with Gasteiger partial charge in [0.25, 0.3) is 0 Å². The predicted molar refractivity (Wildman–Crippen MR) is 346 cm³/mol. The van der Waals surface area contributed by atoms with E-state index in [2.05, 4.69) is 15.9 Å². The summed E-state index contributed by atoms with van der Waals surface area (Å²) in [6.45, 7) is 0.0561. The first-order valence-corrected chi connectivity index (χ1v) is 29.1. The predicted octanol–water partition coefficient (Wildman–Crippen LogP) is 22.9. The number of aromatic hydroxyl groups is 3. The van der Waals surface area contributed by atoms with Crippen LogP contribution in [0.15, 0.2) is 121 Å². The molecular formula is C63H28Cl12N4O4. The molecule has 83 heavy (non-hydrogen) atoms. The van der Waals surface area contributed by atoms with Gasteiger partial charge in [-0.1, -0.05) is 194 Å². The van der Waals surface area contributed by atoms with Gasteiger partial charge in [-0.05, 0) is 95.1 Å². The first-order chi connectivity index (χ1) is 39.8. The fourth-order valence-corrected chi connectivity index (χ4v) is 14.9. The molecule has 3 aromatic heterocycles. The first kappa shape index (κ1) is 55.8. The minimum atomic E-state index is 0.0180. The maximum atomic E-state index is 10.3. The average molecular weight is 1330 g/mol. The van der Waals surface area contributed by atoms with E-state index in [0.29, 0.717) is 116 Å². The van der Waals surface area contributed by atoms with Gasteiger partial charge in [0.15, 0.2) is 0 Å². The Morgan fingerprint density at radius 1 is 0.337 bits per heavy atom. The summed E-state index contributed by atoms with van der Waals surface area (Å²) in [4.78, 5) is 17.7. The minimum absolute atomic E-state index is 0.0180. The smallest absolute Gasteiger partial charge is 0.148 e. The fraction of sp³-hybridized carbons (Fsp3) is 0.0159. The number of phenols is 3. The van der Waals surface area contributed by atoms with Crippen LogP contribution >= 0.6 is 139 Å². The van der Waals surface area contributed by atoms with Gasteiger partial charge in [0.2, 0.25) is 0 Å². The minimum Gasteiger partial charge on any atom is -0.508 e. The van der Waals surface area contributed by atoms with Crippen LogP contribution in [-0.2, 0) is 0 Å². The molecule has 0 aliphatic carbocycles. The number of rotatable bonds is 6. The molecule has 0 unspecified atom stereocenters. The number of nitrogens with one attached hydrogen (secondary N) is 2. The molecule has 5 N–H and O–H groups in total. The number of terminal acetylenes is 1. The lowest BCUT2D eigenvalue weighted by Gasteiger charge is -2.15. The van der Waals surface area contributed by atoms with Crippen LogP contribution in [0, 0.1) is 12.3 Å². The van der Waals surface area contributed by atoms with Gasteiger partial charge >= 0.3 is 0 Å². The number of H-pyrrole nitrogens is 2. The zero-order valence-electron chi connectivity index (χ0n) is 41.5. The highest BCUT2D eigenvalue weighted by Gasteiger charge is 2.33. The Bertz CT molecular complexity index is 4850. The summed E-state index contributed by atoms with van der Waals surface area (Å²) in [5.41, 5.74) is 7.75. The van der Waals surface area contributed by atoms with Crippen LogP contribution in [0.2, 0.25) is 60.3 Å². The molecule has 0 saturated carbocycles. The molecular weight excluding hydrogens is 1300 g/mol. The van der Waals surface area contributed by atoms with E-state index in [1.165, 1.54) is 36.4 Å². The molecule has 5 heterocycles. The molecule has 0 radical (unpaired) electrons. The molecule has 8 aromatic carbocycles. The van der Waals surface area contributed by atoms with Crippen molar-refractivity contribution in [2.75, 3.05) is 6.61 Å². The van der Waals surface area contributed by atoms with E-state index in [-0.39, 0.29) is 107 Å². The highest BCUT2D eigenvalue weighted by Crippen LogP contribution is 2.58. The first-order valence-electron chi connectivity index (χ1n) is 24.6. The highest BCUT2D eigenvalue weighted by molar-refractivity contribution is 6.55. The standard InChI is InChI=1S/C63H28Cl12N4O4/c1-2-19-83-31-17-9-27(10-18-31)43-55(67)47-35-23-38-50-45(53(65)41(58(70)62(50)74)25-5-13-29(81)14-6-25)33(78-38)21-36-48-44(52(64)40(56(68)60(48)72)24-3-11-28(80)12-4-24)32(76-36)20-37-49-46(34(77-37)22-39(79-35)51(47)63(75)59(43)71)54(66)42(57(69)61(49)73)26-7-15-30(82)16-8-26/h1,3-18,20-23,76,79-82H,19H2. The Kier molecular flexibility index (Phi) is 14.3. The van der Waals surface area contributed by atoms with Crippen molar-refractivity contribution in [3.05, 3.63) is 182 Å². The van der Waals surface area contributed by atoms with Gasteiger partial charge in [0.05, 0.1) is 105 Å². The van der Waals surface area contributed by atoms with E-state index in [9.17, 15) is 15.3 Å². The second-order valence-corrected chi connectivity index (χ2v) is 23.7. The average Bonchev–Trinajstić information content (AvgIpc) is 2.19. The van der Waals surface area contributed by atoms with E-state index in [1.807, 2.05) is 0 Å². The summed E-state index contributed by atoms with van der Waals surface area (Å²) in [5, 5.41) is 34.1. The van der Waals surface area contributed by atoms with E-state index in [1.54, 1.807) is 84.9 Å². The molecule has 2 aliphatic heterocycles. The van der Waals surface area contributed by atoms with Crippen molar-refractivity contribution in [1.82, 2.24) is 19.9 Å². The Morgan fingerprint density at radius 2 is 0.590 bits per heavy atom. The molecule has 20 heteroatoms. The quantitative estimate of drug-likeness (QED) is 0.0834. The van der Waals surface area contributed by atoms with Crippen molar-refractivity contribution < 1.29 is 20.1 Å². The summed E-state index contributed by atoms with van der Waals surface area (Å²) in [7, 11) is 0. The number of aromatic amines is 2. The fourth-order valence-electron chi connectivity index (χ4n) is 10.8. The monoisotopic (exact) mass is 1320 g/mol. The normalized spacial score (nSPS) is 11.8. The zero-order valence-corrected chi connectivity index (χ0v) is 50.6. The van der Waals surface area contributed by atoms with Gasteiger partial charge in [-0.15, -0.1) is 6.42 Å². The Morgan fingerprint density at radius 3 is 0.904 bits per heavy atom. The summed E-state index contributed by atoms with van der Waals surface area (Å²) in [6.07, 6.45) is 5.47. The zero-order chi connectivity index (χ0) is 58.2. The molecule has 8 nitrogen and oxygen atoms in total. The Balaban J connectivity index is 1.24. The van der Waals surface area contributed by atoms with Gasteiger partial charge in [0, 0.05) is 66.1 Å². The molecule has 11 aromatic rings. The largest absolute Gasteiger partial charge is 0.508 e. The van der Waals surface area contributed by atoms with Crippen molar-refractivity contribution in [1.29, 1.82) is 0 Å². The van der Waals surface area contributed by atoms with E-state index >= 15 is 0 Å². The summed E-state index contributed by atoms with van der Waals surface area (Å²) in [6, 6.07) is 33.0. The molecule has 0 amide bonds. The summed E-state index contributed by atoms with van der Waals surface area (Å²) >= 11 is 89.7. The second-order valence-electron chi connectivity index (χ2n) is 19.2. The molecule has 0 spiro atoms. The number of hydrogen-bond donors (Lipinski definition) is 5. The number of aromatic nitrogens is 4.